The van der Waals surface area contributed by atoms with Gasteiger partial charge in [0, 0.05) is 0 Å². The van der Waals surface area contributed by atoms with Gasteiger partial charge in [0.15, 0.2) is 0 Å². The summed E-state index contributed by atoms with van der Waals surface area (Å²) in [6, 6.07) is 0. The van der Waals surface area contributed by atoms with E-state index in [2.05, 4.69) is 19.1 Å². The van der Waals surface area contributed by atoms with Gasteiger partial charge in [-0.05, 0) is 39.0 Å². The van der Waals surface area contributed by atoms with Crippen LogP contribution in [0, 0.1) is 0 Å². The van der Waals surface area contributed by atoms with Crippen LogP contribution in [0.15, 0.2) is 12.2 Å². The zero-order valence-electron chi connectivity index (χ0n) is 10.5. The molecular weight excluding hydrogens is 184 g/mol. The first-order chi connectivity index (χ1) is 7.27. The Kier molecular flexibility index (Phi) is 11.5. The lowest BCUT2D eigenvalue weighted by Crippen LogP contribution is -1.97. The molecule has 1 nitrogen and oxygen atoms in total. The van der Waals surface area contributed by atoms with Crippen LogP contribution in [0.5, 0.6) is 0 Å². The van der Waals surface area contributed by atoms with Gasteiger partial charge in [0.2, 0.25) is 0 Å². The Morgan fingerprint density at radius 3 is 2.07 bits per heavy atom. The van der Waals surface area contributed by atoms with Crippen molar-refractivity contribution in [1.29, 1.82) is 0 Å². The smallest absolute Gasteiger partial charge is 0.0512 e. The van der Waals surface area contributed by atoms with Gasteiger partial charge >= 0.3 is 0 Å². The largest absolute Gasteiger partial charge is 0.393 e. The van der Waals surface area contributed by atoms with E-state index in [0.717, 1.165) is 12.8 Å². The molecule has 0 amide bonds. The van der Waals surface area contributed by atoms with Crippen LogP contribution in [0.3, 0.4) is 0 Å². The Morgan fingerprint density at radius 2 is 1.53 bits per heavy atom. The Morgan fingerprint density at radius 1 is 0.933 bits per heavy atom. The second kappa shape index (κ2) is 11.8. The summed E-state index contributed by atoms with van der Waals surface area (Å²) in [6.45, 7) is 4.11. The molecule has 0 spiro atoms. The average molecular weight is 212 g/mol. The molecule has 0 heterocycles. The molecule has 0 radical (unpaired) electrons. The molecule has 90 valence electrons. The molecule has 1 unspecified atom stereocenters. The highest BCUT2D eigenvalue weighted by atomic mass is 16.3. The van der Waals surface area contributed by atoms with Crippen LogP contribution in [-0.2, 0) is 0 Å². The van der Waals surface area contributed by atoms with Crippen molar-refractivity contribution >= 4 is 0 Å². The van der Waals surface area contributed by atoms with Crippen molar-refractivity contribution in [2.45, 2.75) is 77.7 Å². The third-order valence-corrected chi connectivity index (χ3v) is 2.63. The fourth-order valence-electron chi connectivity index (χ4n) is 1.63. The molecule has 0 bridgehead atoms. The van der Waals surface area contributed by atoms with Crippen LogP contribution in [0.1, 0.15) is 71.6 Å². The lowest BCUT2D eigenvalue weighted by atomic mass is 10.1. The molecule has 0 saturated carbocycles. The molecule has 0 saturated heterocycles. The summed E-state index contributed by atoms with van der Waals surface area (Å²) in [6.07, 6.45) is 15.7. The quantitative estimate of drug-likeness (QED) is 0.419. The highest BCUT2D eigenvalue weighted by Crippen LogP contribution is 2.06. The molecule has 0 aliphatic rings. The summed E-state index contributed by atoms with van der Waals surface area (Å²) < 4.78 is 0. The maximum absolute atomic E-state index is 9.06. The number of hydrogen-bond acceptors (Lipinski definition) is 1. The molecule has 0 fully saturated rings. The van der Waals surface area contributed by atoms with E-state index in [1.54, 1.807) is 0 Å². The Labute approximate surface area is 95.6 Å². The van der Waals surface area contributed by atoms with Gasteiger partial charge in [-0.2, -0.15) is 0 Å². The van der Waals surface area contributed by atoms with E-state index in [-0.39, 0.29) is 6.10 Å². The minimum Gasteiger partial charge on any atom is -0.393 e. The second-order valence-corrected chi connectivity index (χ2v) is 4.45. The van der Waals surface area contributed by atoms with E-state index in [0.29, 0.717) is 0 Å². The molecule has 0 aromatic rings. The Hall–Kier alpha value is -0.300. The first kappa shape index (κ1) is 14.7. The topological polar surface area (TPSA) is 20.2 Å². The minimum absolute atomic E-state index is 0.122. The highest BCUT2D eigenvalue weighted by molar-refractivity contribution is 4.81. The second-order valence-electron chi connectivity index (χ2n) is 4.45. The van der Waals surface area contributed by atoms with Gasteiger partial charge in [-0.15, -0.1) is 0 Å². The van der Waals surface area contributed by atoms with E-state index in [1.165, 1.54) is 44.9 Å². The van der Waals surface area contributed by atoms with Gasteiger partial charge in [0.1, 0.15) is 0 Å². The fourth-order valence-corrected chi connectivity index (χ4v) is 1.63. The maximum atomic E-state index is 9.06. The Balaban J connectivity index is 3.04. The predicted molar refractivity (Wildman–Crippen MR) is 68.0 cm³/mol. The molecule has 0 aliphatic carbocycles. The summed E-state index contributed by atoms with van der Waals surface area (Å²) in [4.78, 5) is 0. The third-order valence-electron chi connectivity index (χ3n) is 2.63. The molecule has 0 aliphatic heterocycles. The average Bonchev–Trinajstić information content (AvgIpc) is 2.20. The van der Waals surface area contributed by atoms with Crippen LogP contribution in [0.2, 0.25) is 0 Å². The van der Waals surface area contributed by atoms with Gasteiger partial charge in [-0.25, -0.2) is 0 Å². The van der Waals surface area contributed by atoms with Gasteiger partial charge in [-0.1, -0.05) is 44.8 Å². The molecule has 0 rings (SSSR count). The van der Waals surface area contributed by atoms with E-state index in [1.807, 2.05) is 6.92 Å². The number of aliphatic hydroxyl groups is 1. The monoisotopic (exact) mass is 212 g/mol. The molecule has 1 atom stereocenters. The number of aliphatic hydroxyl groups excluding tert-OH is 1. The highest BCUT2D eigenvalue weighted by Gasteiger charge is 1.93. The van der Waals surface area contributed by atoms with Crippen molar-refractivity contribution in [2.24, 2.45) is 0 Å². The van der Waals surface area contributed by atoms with E-state index < -0.39 is 0 Å². The number of allylic oxidation sites excluding steroid dienone is 2. The molecule has 1 heteroatoms. The summed E-state index contributed by atoms with van der Waals surface area (Å²) >= 11 is 0. The summed E-state index contributed by atoms with van der Waals surface area (Å²) in [5.41, 5.74) is 0. The number of hydrogen-bond donors (Lipinski definition) is 1. The van der Waals surface area contributed by atoms with Crippen molar-refractivity contribution in [3.8, 4) is 0 Å². The molecule has 1 N–H and O–H groups in total. The van der Waals surface area contributed by atoms with E-state index >= 15 is 0 Å². The predicted octanol–water partition coefficient (Wildman–Crippen LogP) is 4.45. The van der Waals surface area contributed by atoms with Crippen molar-refractivity contribution in [3.63, 3.8) is 0 Å². The third kappa shape index (κ3) is 13.7. The minimum atomic E-state index is -0.122. The lowest BCUT2D eigenvalue weighted by molar-refractivity contribution is 0.181. The molecule has 0 aromatic carbocycles. The van der Waals surface area contributed by atoms with Crippen LogP contribution in [-0.4, -0.2) is 11.2 Å². The molecule has 15 heavy (non-hydrogen) atoms. The zero-order valence-corrected chi connectivity index (χ0v) is 10.5. The Bertz CT molecular complexity index is 138. The van der Waals surface area contributed by atoms with Crippen molar-refractivity contribution in [3.05, 3.63) is 12.2 Å². The van der Waals surface area contributed by atoms with Crippen LogP contribution in [0.4, 0.5) is 0 Å². The van der Waals surface area contributed by atoms with Crippen LogP contribution >= 0.6 is 0 Å². The van der Waals surface area contributed by atoms with Crippen LogP contribution in [0.25, 0.3) is 0 Å². The van der Waals surface area contributed by atoms with Crippen molar-refractivity contribution < 1.29 is 5.11 Å². The lowest BCUT2D eigenvalue weighted by Gasteiger charge is -2.01. The molecule has 0 aromatic heterocycles. The number of unbranched alkanes of at least 4 members (excludes halogenated alkanes) is 6. The first-order valence-electron chi connectivity index (χ1n) is 6.60. The first-order valence-corrected chi connectivity index (χ1v) is 6.60. The standard InChI is InChI=1S/C14H28O/c1-3-4-5-6-7-8-9-10-11-12-13-14(2)15/h8-9,14-15H,3-7,10-13H2,1-2H3. The molecular formula is C14H28O. The van der Waals surface area contributed by atoms with Crippen LogP contribution < -0.4 is 0 Å². The van der Waals surface area contributed by atoms with E-state index in [9.17, 15) is 0 Å². The van der Waals surface area contributed by atoms with Gasteiger partial charge in [0.05, 0.1) is 6.10 Å². The van der Waals surface area contributed by atoms with Crippen molar-refractivity contribution in [2.75, 3.05) is 0 Å². The van der Waals surface area contributed by atoms with Gasteiger partial charge < -0.3 is 5.11 Å². The number of rotatable bonds is 10. The fraction of sp³-hybridized carbons (Fsp3) is 0.857. The normalized spacial score (nSPS) is 13.5. The summed E-state index contributed by atoms with van der Waals surface area (Å²) in [5, 5.41) is 9.06. The summed E-state index contributed by atoms with van der Waals surface area (Å²) in [7, 11) is 0. The maximum Gasteiger partial charge on any atom is 0.0512 e. The van der Waals surface area contributed by atoms with Crippen molar-refractivity contribution in [1.82, 2.24) is 0 Å². The van der Waals surface area contributed by atoms with Gasteiger partial charge in [0.25, 0.3) is 0 Å². The SMILES string of the molecule is CCCCCCC=CCCCCC(C)O. The zero-order chi connectivity index (χ0) is 11.4. The van der Waals surface area contributed by atoms with E-state index in [4.69, 9.17) is 5.11 Å². The van der Waals surface area contributed by atoms with Gasteiger partial charge in [-0.3, -0.25) is 0 Å². The summed E-state index contributed by atoms with van der Waals surface area (Å²) in [5.74, 6) is 0.